The number of morpholine rings is 1. The highest BCUT2D eigenvalue weighted by atomic mass is 16.5. The van der Waals surface area contributed by atoms with Crippen molar-refractivity contribution in [2.75, 3.05) is 32.8 Å². The maximum atomic E-state index is 10.7. The van der Waals surface area contributed by atoms with Gasteiger partial charge in [0.25, 0.3) is 0 Å². The molecule has 1 saturated carbocycles. The summed E-state index contributed by atoms with van der Waals surface area (Å²) in [7, 11) is 0. The Kier molecular flexibility index (Phi) is 4.65. The molecule has 3 unspecified atom stereocenters. The van der Waals surface area contributed by atoms with E-state index in [1.807, 2.05) is 0 Å². The summed E-state index contributed by atoms with van der Waals surface area (Å²) in [5, 5.41) is 10.7. The highest BCUT2D eigenvalue weighted by Gasteiger charge is 2.43. The summed E-state index contributed by atoms with van der Waals surface area (Å²) in [5.74, 6) is 0.351. The second-order valence-electron chi connectivity index (χ2n) is 6.78. The summed E-state index contributed by atoms with van der Waals surface area (Å²) in [5.41, 5.74) is 0.0863. The molecule has 20 heavy (non-hydrogen) atoms. The Labute approximate surface area is 122 Å². The van der Waals surface area contributed by atoms with Gasteiger partial charge in [0.2, 0.25) is 0 Å². The Morgan fingerprint density at radius 2 is 2.10 bits per heavy atom. The van der Waals surface area contributed by atoms with Crippen molar-refractivity contribution in [3.05, 3.63) is 0 Å². The van der Waals surface area contributed by atoms with E-state index in [1.54, 1.807) is 0 Å². The van der Waals surface area contributed by atoms with E-state index in [9.17, 15) is 5.11 Å². The maximum Gasteiger partial charge on any atom is 0.0963 e. The molecule has 0 amide bonds. The standard InChI is InChI=1S/C16H29NO3/c1-2-17-8-10-19-14(12-17)15(18)13-5-9-20-16(11-13)6-3-4-7-16/h13-15,18H,2-12H2,1H3. The lowest BCUT2D eigenvalue weighted by atomic mass is 9.80. The van der Waals surface area contributed by atoms with Crippen LogP contribution in [0.4, 0.5) is 0 Å². The van der Waals surface area contributed by atoms with Crippen molar-refractivity contribution in [2.24, 2.45) is 5.92 Å². The minimum atomic E-state index is -0.328. The summed E-state index contributed by atoms with van der Waals surface area (Å²) in [4.78, 5) is 2.38. The zero-order valence-electron chi connectivity index (χ0n) is 12.7. The van der Waals surface area contributed by atoms with Crippen molar-refractivity contribution in [1.29, 1.82) is 0 Å². The molecule has 4 heteroatoms. The van der Waals surface area contributed by atoms with Crippen LogP contribution in [-0.2, 0) is 9.47 Å². The molecule has 0 bridgehead atoms. The second kappa shape index (κ2) is 6.30. The van der Waals surface area contributed by atoms with Crippen LogP contribution in [0.15, 0.2) is 0 Å². The fourth-order valence-electron chi connectivity index (χ4n) is 4.25. The smallest absolute Gasteiger partial charge is 0.0963 e. The maximum absolute atomic E-state index is 10.7. The van der Waals surface area contributed by atoms with E-state index in [0.29, 0.717) is 5.92 Å². The molecule has 0 aromatic rings. The number of likely N-dealkylation sites (N-methyl/N-ethyl adjacent to an activating group) is 1. The highest BCUT2D eigenvalue weighted by molar-refractivity contribution is 4.95. The highest BCUT2D eigenvalue weighted by Crippen LogP contribution is 2.43. The molecule has 3 fully saturated rings. The van der Waals surface area contributed by atoms with Crippen LogP contribution in [-0.4, -0.2) is 60.7 Å². The van der Waals surface area contributed by atoms with Gasteiger partial charge in [-0.25, -0.2) is 0 Å². The van der Waals surface area contributed by atoms with E-state index in [1.165, 1.54) is 25.7 Å². The summed E-state index contributed by atoms with van der Waals surface area (Å²) in [6.45, 7) is 6.66. The van der Waals surface area contributed by atoms with E-state index in [2.05, 4.69) is 11.8 Å². The zero-order valence-corrected chi connectivity index (χ0v) is 12.7. The van der Waals surface area contributed by atoms with Gasteiger partial charge in [-0.2, -0.15) is 0 Å². The molecular weight excluding hydrogens is 254 g/mol. The van der Waals surface area contributed by atoms with Crippen LogP contribution in [0.25, 0.3) is 0 Å². The van der Waals surface area contributed by atoms with E-state index in [-0.39, 0.29) is 17.8 Å². The first-order valence-electron chi connectivity index (χ1n) is 8.38. The van der Waals surface area contributed by atoms with Gasteiger partial charge in [-0.15, -0.1) is 0 Å². The van der Waals surface area contributed by atoms with Gasteiger partial charge >= 0.3 is 0 Å². The number of aliphatic hydroxyl groups is 1. The lowest BCUT2D eigenvalue weighted by Gasteiger charge is -2.43. The number of ether oxygens (including phenoxy) is 2. The van der Waals surface area contributed by atoms with Gasteiger partial charge in [0.05, 0.1) is 24.4 Å². The molecule has 116 valence electrons. The number of hydrogen-bond acceptors (Lipinski definition) is 4. The predicted octanol–water partition coefficient (Wildman–Crippen LogP) is 1.81. The van der Waals surface area contributed by atoms with Gasteiger partial charge in [0, 0.05) is 19.7 Å². The van der Waals surface area contributed by atoms with Gasteiger partial charge in [0.15, 0.2) is 0 Å². The monoisotopic (exact) mass is 283 g/mol. The molecule has 2 saturated heterocycles. The topological polar surface area (TPSA) is 41.9 Å². The molecule has 1 spiro atoms. The molecule has 0 radical (unpaired) electrons. The largest absolute Gasteiger partial charge is 0.390 e. The molecule has 2 aliphatic heterocycles. The Bertz CT molecular complexity index is 317. The number of hydrogen-bond donors (Lipinski definition) is 1. The van der Waals surface area contributed by atoms with Crippen molar-refractivity contribution in [3.8, 4) is 0 Å². The first-order chi connectivity index (χ1) is 9.72. The predicted molar refractivity (Wildman–Crippen MR) is 77.7 cm³/mol. The van der Waals surface area contributed by atoms with Crippen LogP contribution in [0.1, 0.15) is 45.4 Å². The SMILES string of the molecule is CCN1CCOC(C(O)C2CCOC3(CCCC3)C2)C1. The van der Waals surface area contributed by atoms with Crippen LogP contribution in [0.3, 0.4) is 0 Å². The van der Waals surface area contributed by atoms with E-state index in [0.717, 1.165) is 45.7 Å². The van der Waals surface area contributed by atoms with Crippen LogP contribution in [0.2, 0.25) is 0 Å². The summed E-state index contributed by atoms with van der Waals surface area (Å²) < 4.78 is 11.9. The number of rotatable bonds is 3. The minimum Gasteiger partial charge on any atom is -0.390 e. The summed E-state index contributed by atoms with van der Waals surface area (Å²) in [6, 6.07) is 0. The fraction of sp³-hybridized carbons (Fsp3) is 1.00. The lowest BCUT2D eigenvalue weighted by molar-refractivity contribution is -0.150. The third-order valence-electron chi connectivity index (χ3n) is 5.53. The molecule has 0 aromatic carbocycles. The van der Waals surface area contributed by atoms with Crippen molar-refractivity contribution in [2.45, 2.75) is 63.3 Å². The Balaban J connectivity index is 1.59. The minimum absolute atomic E-state index is 0.00902. The van der Waals surface area contributed by atoms with Crippen LogP contribution in [0.5, 0.6) is 0 Å². The van der Waals surface area contributed by atoms with E-state index in [4.69, 9.17) is 9.47 Å². The van der Waals surface area contributed by atoms with Crippen LogP contribution in [0, 0.1) is 5.92 Å². The molecule has 2 heterocycles. The fourth-order valence-corrected chi connectivity index (χ4v) is 4.25. The second-order valence-corrected chi connectivity index (χ2v) is 6.78. The molecule has 1 N–H and O–H groups in total. The average molecular weight is 283 g/mol. The van der Waals surface area contributed by atoms with Crippen LogP contribution < -0.4 is 0 Å². The third kappa shape index (κ3) is 3.03. The lowest BCUT2D eigenvalue weighted by Crippen LogP contribution is -2.52. The first kappa shape index (κ1) is 14.8. The summed E-state index contributed by atoms with van der Waals surface area (Å²) in [6.07, 6.45) is 6.61. The Morgan fingerprint density at radius 1 is 1.30 bits per heavy atom. The number of nitrogens with zero attached hydrogens (tertiary/aromatic N) is 1. The van der Waals surface area contributed by atoms with Crippen molar-refractivity contribution < 1.29 is 14.6 Å². The number of aliphatic hydroxyl groups excluding tert-OH is 1. The third-order valence-corrected chi connectivity index (χ3v) is 5.53. The molecule has 3 rings (SSSR count). The molecule has 4 nitrogen and oxygen atoms in total. The van der Waals surface area contributed by atoms with Crippen molar-refractivity contribution >= 4 is 0 Å². The van der Waals surface area contributed by atoms with E-state index >= 15 is 0 Å². The van der Waals surface area contributed by atoms with Crippen molar-refractivity contribution in [3.63, 3.8) is 0 Å². The quantitative estimate of drug-likeness (QED) is 0.858. The average Bonchev–Trinajstić information content (AvgIpc) is 2.94. The van der Waals surface area contributed by atoms with Gasteiger partial charge in [-0.05, 0) is 38.1 Å². The van der Waals surface area contributed by atoms with Crippen molar-refractivity contribution in [1.82, 2.24) is 4.90 Å². The Morgan fingerprint density at radius 3 is 2.85 bits per heavy atom. The van der Waals surface area contributed by atoms with Gasteiger partial charge < -0.3 is 14.6 Å². The van der Waals surface area contributed by atoms with Gasteiger partial charge in [-0.3, -0.25) is 4.90 Å². The van der Waals surface area contributed by atoms with Gasteiger partial charge in [0.1, 0.15) is 0 Å². The molecule has 3 aliphatic rings. The van der Waals surface area contributed by atoms with E-state index < -0.39 is 0 Å². The molecule has 1 aliphatic carbocycles. The molecule has 0 aromatic heterocycles. The summed E-state index contributed by atoms with van der Waals surface area (Å²) >= 11 is 0. The zero-order chi connectivity index (χ0) is 14.0. The molecular formula is C16H29NO3. The van der Waals surface area contributed by atoms with Crippen LogP contribution >= 0.6 is 0 Å². The molecule has 3 atom stereocenters. The normalized spacial score (nSPS) is 36.3. The Hall–Kier alpha value is -0.160. The first-order valence-corrected chi connectivity index (χ1v) is 8.38. The van der Waals surface area contributed by atoms with Gasteiger partial charge in [-0.1, -0.05) is 19.8 Å².